The van der Waals surface area contributed by atoms with E-state index < -0.39 is 4.92 Å². The average Bonchev–Trinajstić information content (AvgIpc) is 2.65. The Hall–Kier alpha value is -2.38. The summed E-state index contributed by atoms with van der Waals surface area (Å²) in [5, 5.41) is 21.6. The Morgan fingerprint density at radius 2 is 2.27 bits per heavy atom. The second kappa shape index (κ2) is 3.40. The number of aryl methyl sites for hydroxylation is 1. The molecule has 0 aliphatic heterocycles. The Morgan fingerprint density at radius 3 is 2.73 bits per heavy atom. The van der Waals surface area contributed by atoms with Gasteiger partial charge in [0.15, 0.2) is 11.6 Å². The number of hydrogen-bond donors (Lipinski definition) is 0. The van der Waals surface area contributed by atoms with E-state index in [0.717, 1.165) is 6.20 Å². The fourth-order valence-electron chi connectivity index (χ4n) is 0.986. The lowest BCUT2D eigenvalue weighted by Crippen LogP contribution is -2.02. The number of nitrogens with zero attached hydrogens (tertiary/aromatic N) is 6. The Bertz CT molecular complexity index is 490. The number of aromatic nitrogens is 5. The summed E-state index contributed by atoms with van der Waals surface area (Å²) in [4.78, 5) is 14.9. The van der Waals surface area contributed by atoms with E-state index >= 15 is 0 Å². The molecule has 2 heterocycles. The highest BCUT2D eigenvalue weighted by atomic mass is 16.6. The van der Waals surface area contributed by atoms with Gasteiger partial charge in [-0.3, -0.25) is 10.1 Å². The molecule has 0 aliphatic carbocycles. The summed E-state index contributed by atoms with van der Waals surface area (Å²) in [7, 11) is 0. The Balaban J connectivity index is 2.35. The lowest BCUT2D eigenvalue weighted by atomic mass is 10.4. The molecule has 15 heavy (non-hydrogen) atoms. The molecule has 0 amide bonds. The van der Waals surface area contributed by atoms with Crippen LogP contribution in [0.25, 0.3) is 5.82 Å². The predicted molar refractivity (Wildman–Crippen MR) is 48.3 cm³/mol. The topological polar surface area (TPSA) is 99.6 Å². The van der Waals surface area contributed by atoms with E-state index in [-0.39, 0.29) is 5.69 Å². The molecule has 76 valence electrons. The highest BCUT2D eigenvalue weighted by Gasteiger charge is 2.07. The van der Waals surface area contributed by atoms with Gasteiger partial charge >= 0.3 is 0 Å². The summed E-state index contributed by atoms with van der Waals surface area (Å²) in [6.45, 7) is 1.69. The van der Waals surface area contributed by atoms with Gasteiger partial charge in [0.05, 0.1) is 4.92 Å². The molecule has 0 aromatic carbocycles. The summed E-state index contributed by atoms with van der Waals surface area (Å²) in [6, 6.07) is 2.79. The third kappa shape index (κ3) is 1.77. The molecule has 0 radical (unpaired) electrons. The van der Waals surface area contributed by atoms with Crippen molar-refractivity contribution in [2.75, 3.05) is 0 Å². The van der Waals surface area contributed by atoms with Crippen molar-refractivity contribution in [3.63, 3.8) is 0 Å². The molecule has 8 nitrogen and oxygen atoms in total. The zero-order chi connectivity index (χ0) is 10.8. The molecule has 0 unspecified atom stereocenters. The van der Waals surface area contributed by atoms with Gasteiger partial charge in [-0.15, -0.1) is 15.0 Å². The number of hydrogen-bond acceptors (Lipinski definition) is 6. The fraction of sp³-hybridized carbons (Fsp3) is 0.143. The maximum Gasteiger partial charge on any atom is 0.287 e. The Morgan fingerprint density at radius 1 is 1.47 bits per heavy atom. The van der Waals surface area contributed by atoms with Crippen LogP contribution in [0.15, 0.2) is 18.3 Å². The van der Waals surface area contributed by atoms with Gasteiger partial charge in [0, 0.05) is 6.07 Å². The molecule has 2 aromatic heterocycles. The van der Waals surface area contributed by atoms with E-state index in [2.05, 4.69) is 20.4 Å². The standard InChI is InChI=1S/C7H6N6O2/c1-5-9-11-12(10-5)7-3-2-6(4-8-7)13(14)15/h2-4H,1H3. The zero-order valence-corrected chi connectivity index (χ0v) is 7.73. The van der Waals surface area contributed by atoms with Crippen LogP contribution in [0.3, 0.4) is 0 Å². The molecule has 0 aliphatic rings. The monoisotopic (exact) mass is 206 g/mol. The highest BCUT2D eigenvalue weighted by molar-refractivity contribution is 5.31. The van der Waals surface area contributed by atoms with Gasteiger partial charge in [-0.1, -0.05) is 0 Å². The number of nitro groups is 1. The first-order valence-electron chi connectivity index (χ1n) is 4.04. The van der Waals surface area contributed by atoms with Crippen LogP contribution in [0.4, 0.5) is 5.69 Å². The van der Waals surface area contributed by atoms with Crippen molar-refractivity contribution >= 4 is 5.69 Å². The minimum absolute atomic E-state index is 0.0735. The Labute approximate surface area is 83.7 Å². The van der Waals surface area contributed by atoms with E-state index in [1.54, 1.807) is 6.92 Å². The van der Waals surface area contributed by atoms with Crippen molar-refractivity contribution in [1.82, 2.24) is 25.2 Å². The molecule has 0 N–H and O–H groups in total. The molecule has 0 spiro atoms. The van der Waals surface area contributed by atoms with Crippen molar-refractivity contribution in [2.45, 2.75) is 6.92 Å². The van der Waals surface area contributed by atoms with Gasteiger partial charge in [0.2, 0.25) is 0 Å². The maximum absolute atomic E-state index is 10.4. The van der Waals surface area contributed by atoms with Crippen LogP contribution in [0.1, 0.15) is 5.82 Å². The second-order valence-electron chi connectivity index (χ2n) is 2.76. The molecule has 0 saturated carbocycles. The van der Waals surface area contributed by atoms with Gasteiger partial charge in [-0.05, 0) is 18.2 Å². The molecule has 2 rings (SSSR count). The van der Waals surface area contributed by atoms with Gasteiger partial charge in [0.1, 0.15) is 6.20 Å². The summed E-state index contributed by atoms with van der Waals surface area (Å²) in [6.07, 6.45) is 1.15. The van der Waals surface area contributed by atoms with Crippen molar-refractivity contribution < 1.29 is 4.92 Å². The van der Waals surface area contributed by atoms with Crippen LogP contribution < -0.4 is 0 Å². The fourth-order valence-corrected chi connectivity index (χ4v) is 0.986. The first kappa shape index (κ1) is 9.19. The summed E-state index contributed by atoms with van der Waals surface area (Å²) in [5.74, 6) is 0.899. The normalized spacial score (nSPS) is 10.2. The third-order valence-corrected chi connectivity index (χ3v) is 1.66. The van der Waals surface area contributed by atoms with E-state index in [9.17, 15) is 10.1 Å². The van der Waals surface area contributed by atoms with Crippen LogP contribution in [-0.2, 0) is 0 Å². The van der Waals surface area contributed by atoms with E-state index in [4.69, 9.17) is 0 Å². The largest absolute Gasteiger partial charge is 0.287 e. The number of tetrazole rings is 1. The molecule has 0 saturated heterocycles. The van der Waals surface area contributed by atoms with Gasteiger partial charge in [-0.25, -0.2) is 4.98 Å². The molecule has 2 aromatic rings. The minimum atomic E-state index is -0.517. The van der Waals surface area contributed by atoms with Crippen LogP contribution >= 0.6 is 0 Å². The van der Waals surface area contributed by atoms with Crippen LogP contribution in [-0.4, -0.2) is 30.1 Å². The molecule has 0 fully saturated rings. The van der Waals surface area contributed by atoms with Crippen LogP contribution in [0.5, 0.6) is 0 Å². The second-order valence-corrected chi connectivity index (χ2v) is 2.76. The maximum atomic E-state index is 10.4. The van der Waals surface area contributed by atoms with Crippen LogP contribution in [0, 0.1) is 17.0 Å². The predicted octanol–water partition coefficient (Wildman–Crippen LogP) is 0.274. The van der Waals surface area contributed by atoms with Crippen molar-refractivity contribution in [1.29, 1.82) is 0 Å². The zero-order valence-electron chi connectivity index (χ0n) is 7.73. The third-order valence-electron chi connectivity index (χ3n) is 1.66. The molecular formula is C7H6N6O2. The molecular weight excluding hydrogens is 200 g/mol. The van der Waals surface area contributed by atoms with Gasteiger partial charge in [0.25, 0.3) is 5.69 Å². The summed E-state index contributed by atoms with van der Waals surface area (Å²) >= 11 is 0. The summed E-state index contributed by atoms with van der Waals surface area (Å²) < 4.78 is 0. The number of rotatable bonds is 2. The highest BCUT2D eigenvalue weighted by Crippen LogP contribution is 2.10. The first-order valence-corrected chi connectivity index (χ1v) is 4.04. The Kier molecular flexibility index (Phi) is 2.08. The van der Waals surface area contributed by atoms with Crippen LogP contribution in [0.2, 0.25) is 0 Å². The number of pyridine rings is 1. The van der Waals surface area contributed by atoms with Crippen molar-refractivity contribution in [3.05, 3.63) is 34.3 Å². The molecule has 0 atom stereocenters. The SMILES string of the molecule is Cc1nnn(-c2ccc([N+](=O)[O-])cn2)n1. The van der Waals surface area contributed by atoms with Gasteiger partial charge < -0.3 is 0 Å². The van der Waals surface area contributed by atoms with E-state index in [0.29, 0.717) is 11.6 Å². The van der Waals surface area contributed by atoms with Crippen molar-refractivity contribution in [3.8, 4) is 5.82 Å². The smallest absolute Gasteiger partial charge is 0.258 e. The molecule has 0 bridgehead atoms. The molecule has 8 heteroatoms. The van der Waals surface area contributed by atoms with Gasteiger partial charge in [-0.2, -0.15) is 0 Å². The van der Waals surface area contributed by atoms with Crippen molar-refractivity contribution in [2.24, 2.45) is 0 Å². The quantitative estimate of drug-likeness (QED) is 0.516. The first-order chi connectivity index (χ1) is 7.16. The minimum Gasteiger partial charge on any atom is -0.258 e. The average molecular weight is 206 g/mol. The summed E-state index contributed by atoms with van der Waals surface area (Å²) in [5.41, 5.74) is -0.0735. The van der Waals surface area contributed by atoms with E-state index in [1.807, 2.05) is 0 Å². The lowest BCUT2D eigenvalue weighted by molar-refractivity contribution is -0.385. The lowest BCUT2D eigenvalue weighted by Gasteiger charge is -1.95. The van der Waals surface area contributed by atoms with E-state index in [1.165, 1.54) is 16.9 Å².